The Morgan fingerprint density at radius 3 is 2.06 bits per heavy atom. The van der Waals surface area contributed by atoms with Crippen LogP contribution in [0.2, 0.25) is 0 Å². The number of rotatable bonds is 9. The first-order valence-electron chi connectivity index (χ1n) is 6.87. The Bertz CT molecular complexity index is 249. The first-order chi connectivity index (χ1) is 8.16. The largest absolute Gasteiger partial charge is 0.392 e. The third kappa shape index (κ3) is 10.8. The normalized spacial score (nSPS) is 16.7. The zero-order chi connectivity index (χ0) is 14.2. The van der Waals surface area contributed by atoms with Gasteiger partial charge in [0.2, 0.25) is 0 Å². The molecule has 3 nitrogen and oxygen atoms in total. The van der Waals surface area contributed by atoms with E-state index in [4.69, 9.17) is 5.11 Å². The van der Waals surface area contributed by atoms with Gasteiger partial charge < -0.3 is 15.3 Å². The monoisotopic (exact) mass is 258 g/mol. The lowest BCUT2D eigenvalue weighted by molar-refractivity contribution is 0.0226. The smallest absolute Gasteiger partial charge is 0.0620 e. The topological polar surface area (TPSA) is 60.7 Å². The van der Waals surface area contributed by atoms with Crippen molar-refractivity contribution in [2.75, 3.05) is 6.61 Å². The van der Waals surface area contributed by atoms with Gasteiger partial charge in [-0.1, -0.05) is 11.6 Å². The van der Waals surface area contributed by atoms with E-state index in [1.165, 1.54) is 5.57 Å². The second-order valence-electron chi connectivity index (χ2n) is 6.25. The first kappa shape index (κ1) is 17.6. The van der Waals surface area contributed by atoms with Crippen molar-refractivity contribution in [1.29, 1.82) is 0 Å². The molecule has 0 rings (SSSR count). The third-order valence-electron chi connectivity index (χ3n) is 3.23. The standard InChI is InChI=1S/C15H30O3/c1-13(8-12-16)7-5-10-15(4,18)11-6-9-14(2,3)17/h8,16-18H,5-7,9-12H2,1-4H3/b13-8+. The van der Waals surface area contributed by atoms with Gasteiger partial charge in [-0.05, 0) is 66.2 Å². The number of hydrogen-bond donors (Lipinski definition) is 3. The van der Waals surface area contributed by atoms with Gasteiger partial charge in [0.15, 0.2) is 0 Å². The molecule has 0 fully saturated rings. The van der Waals surface area contributed by atoms with E-state index in [0.29, 0.717) is 6.42 Å². The molecule has 0 saturated heterocycles. The molecule has 3 heteroatoms. The highest BCUT2D eigenvalue weighted by Gasteiger charge is 2.21. The van der Waals surface area contributed by atoms with Gasteiger partial charge in [-0.2, -0.15) is 0 Å². The van der Waals surface area contributed by atoms with Gasteiger partial charge in [0.1, 0.15) is 0 Å². The molecule has 0 heterocycles. The Labute approximate surface area is 112 Å². The molecule has 0 amide bonds. The average molecular weight is 258 g/mol. The van der Waals surface area contributed by atoms with Gasteiger partial charge in [-0.3, -0.25) is 0 Å². The molecule has 0 aliphatic heterocycles. The number of aliphatic hydroxyl groups excluding tert-OH is 1. The van der Waals surface area contributed by atoms with Crippen LogP contribution >= 0.6 is 0 Å². The van der Waals surface area contributed by atoms with Crippen molar-refractivity contribution in [3.8, 4) is 0 Å². The lowest BCUT2D eigenvalue weighted by Gasteiger charge is -2.25. The summed E-state index contributed by atoms with van der Waals surface area (Å²) in [4.78, 5) is 0. The van der Waals surface area contributed by atoms with Crippen LogP contribution in [0, 0.1) is 0 Å². The van der Waals surface area contributed by atoms with E-state index in [2.05, 4.69) is 0 Å². The van der Waals surface area contributed by atoms with Gasteiger partial charge in [-0.25, -0.2) is 0 Å². The SMILES string of the molecule is C/C(=C\CO)CCCC(C)(O)CCCC(C)(C)O. The summed E-state index contributed by atoms with van der Waals surface area (Å²) >= 11 is 0. The van der Waals surface area contributed by atoms with E-state index < -0.39 is 11.2 Å². The van der Waals surface area contributed by atoms with Gasteiger partial charge in [-0.15, -0.1) is 0 Å². The highest BCUT2D eigenvalue weighted by molar-refractivity contribution is 4.97. The molecular formula is C15H30O3. The second-order valence-corrected chi connectivity index (χ2v) is 6.25. The quantitative estimate of drug-likeness (QED) is 0.557. The van der Waals surface area contributed by atoms with Crippen molar-refractivity contribution in [2.45, 2.75) is 77.4 Å². The van der Waals surface area contributed by atoms with Crippen molar-refractivity contribution in [3.05, 3.63) is 11.6 Å². The molecule has 0 aromatic carbocycles. The fourth-order valence-corrected chi connectivity index (χ4v) is 2.03. The summed E-state index contributed by atoms with van der Waals surface area (Å²) in [5, 5.41) is 28.6. The van der Waals surface area contributed by atoms with E-state index in [1.54, 1.807) is 13.8 Å². The molecule has 0 radical (unpaired) electrons. The summed E-state index contributed by atoms with van der Waals surface area (Å²) in [5.41, 5.74) is -0.119. The average Bonchev–Trinajstić information content (AvgIpc) is 2.14. The molecule has 0 aromatic rings. The summed E-state index contributed by atoms with van der Waals surface area (Å²) in [6.07, 6.45) is 6.69. The van der Waals surface area contributed by atoms with Crippen LogP contribution in [0.25, 0.3) is 0 Å². The van der Waals surface area contributed by atoms with Gasteiger partial charge >= 0.3 is 0 Å². The van der Waals surface area contributed by atoms with E-state index in [-0.39, 0.29) is 6.61 Å². The molecule has 0 saturated carbocycles. The van der Waals surface area contributed by atoms with Crippen LogP contribution in [-0.2, 0) is 0 Å². The zero-order valence-electron chi connectivity index (χ0n) is 12.4. The second kappa shape index (κ2) is 7.93. The minimum absolute atomic E-state index is 0.0911. The van der Waals surface area contributed by atoms with Crippen molar-refractivity contribution in [1.82, 2.24) is 0 Å². The van der Waals surface area contributed by atoms with Crippen LogP contribution in [0.1, 0.15) is 66.2 Å². The Morgan fingerprint density at radius 2 is 1.56 bits per heavy atom. The maximum absolute atomic E-state index is 10.2. The summed E-state index contributed by atoms with van der Waals surface area (Å²) in [5.74, 6) is 0. The molecule has 0 bridgehead atoms. The van der Waals surface area contributed by atoms with E-state index in [1.807, 2.05) is 19.9 Å². The summed E-state index contributed by atoms with van der Waals surface area (Å²) in [7, 11) is 0. The lowest BCUT2D eigenvalue weighted by atomic mass is 9.89. The molecule has 1 unspecified atom stereocenters. The minimum atomic E-state index is -0.648. The number of allylic oxidation sites excluding steroid dienone is 1. The molecule has 1 atom stereocenters. The van der Waals surface area contributed by atoms with Crippen LogP contribution in [0.4, 0.5) is 0 Å². The van der Waals surface area contributed by atoms with Crippen molar-refractivity contribution in [3.63, 3.8) is 0 Å². The minimum Gasteiger partial charge on any atom is -0.392 e. The van der Waals surface area contributed by atoms with Gasteiger partial charge in [0, 0.05) is 0 Å². The zero-order valence-corrected chi connectivity index (χ0v) is 12.4. The van der Waals surface area contributed by atoms with Crippen molar-refractivity contribution in [2.24, 2.45) is 0 Å². The number of hydrogen-bond acceptors (Lipinski definition) is 3. The fraction of sp³-hybridized carbons (Fsp3) is 0.867. The first-order valence-corrected chi connectivity index (χ1v) is 6.87. The Balaban J connectivity index is 3.83. The summed E-state index contributed by atoms with van der Waals surface area (Å²) in [6.45, 7) is 7.55. The van der Waals surface area contributed by atoms with Crippen LogP contribution in [0.15, 0.2) is 11.6 Å². The Kier molecular flexibility index (Phi) is 7.76. The maximum Gasteiger partial charge on any atom is 0.0620 e. The van der Waals surface area contributed by atoms with Crippen LogP contribution in [0.3, 0.4) is 0 Å². The van der Waals surface area contributed by atoms with E-state index >= 15 is 0 Å². The predicted octanol–water partition coefficient (Wildman–Crippen LogP) is 2.79. The lowest BCUT2D eigenvalue weighted by Crippen LogP contribution is -2.26. The Hall–Kier alpha value is -0.380. The van der Waals surface area contributed by atoms with Crippen molar-refractivity contribution < 1.29 is 15.3 Å². The summed E-state index contributed by atoms with van der Waals surface area (Å²) < 4.78 is 0. The highest BCUT2D eigenvalue weighted by Crippen LogP contribution is 2.24. The van der Waals surface area contributed by atoms with Gasteiger partial charge in [0.05, 0.1) is 17.8 Å². The van der Waals surface area contributed by atoms with Crippen LogP contribution < -0.4 is 0 Å². The molecule has 0 aliphatic rings. The molecule has 0 spiro atoms. The van der Waals surface area contributed by atoms with Gasteiger partial charge in [0.25, 0.3) is 0 Å². The highest BCUT2D eigenvalue weighted by atomic mass is 16.3. The molecule has 3 N–H and O–H groups in total. The van der Waals surface area contributed by atoms with E-state index in [0.717, 1.165) is 32.1 Å². The molecule has 18 heavy (non-hydrogen) atoms. The van der Waals surface area contributed by atoms with Crippen molar-refractivity contribution >= 4 is 0 Å². The molecular weight excluding hydrogens is 228 g/mol. The third-order valence-corrected chi connectivity index (χ3v) is 3.23. The molecule has 0 aliphatic carbocycles. The van der Waals surface area contributed by atoms with E-state index in [9.17, 15) is 10.2 Å². The maximum atomic E-state index is 10.2. The Morgan fingerprint density at radius 1 is 1.00 bits per heavy atom. The van der Waals surface area contributed by atoms with Crippen LogP contribution in [-0.4, -0.2) is 33.1 Å². The predicted molar refractivity (Wildman–Crippen MR) is 75.5 cm³/mol. The number of aliphatic hydroxyl groups is 3. The molecule has 108 valence electrons. The fourth-order valence-electron chi connectivity index (χ4n) is 2.03. The summed E-state index contributed by atoms with van der Waals surface area (Å²) in [6, 6.07) is 0. The molecule has 0 aromatic heterocycles. The van der Waals surface area contributed by atoms with Crippen LogP contribution in [0.5, 0.6) is 0 Å².